The number of nitrogens with one attached hydrogen (secondary N) is 1. The molecule has 0 saturated carbocycles. The summed E-state index contributed by atoms with van der Waals surface area (Å²) < 4.78 is 0. The van der Waals surface area contributed by atoms with Gasteiger partial charge in [0, 0.05) is 5.02 Å². The minimum atomic E-state index is -0.453. The first-order valence-electron chi connectivity index (χ1n) is 7.96. The average Bonchev–Trinajstić information content (AvgIpc) is 2.85. The van der Waals surface area contributed by atoms with Crippen molar-refractivity contribution < 1.29 is 9.59 Å². The topological polar surface area (TPSA) is 49.4 Å². The minimum Gasteiger partial charge on any atom is -0.305 e. The van der Waals surface area contributed by atoms with Gasteiger partial charge in [0.15, 0.2) is 0 Å². The Labute approximate surface area is 146 Å². The SMILES string of the molecule is Cc1ccc(N2C(=O)C[C@H](NCCc3ccc(Cl)cc3)C2=O)cc1. The van der Waals surface area contributed by atoms with Gasteiger partial charge in [0.25, 0.3) is 5.91 Å². The van der Waals surface area contributed by atoms with E-state index < -0.39 is 6.04 Å². The van der Waals surface area contributed by atoms with Gasteiger partial charge in [-0.15, -0.1) is 0 Å². The summed E-state index contributed by atoms with van der Waals surface area (Å²) in [6, 6.07) is 14.6. The molecule has 2 amide bonds. The predicted octanol–water partition coefficient (Wildman–Crippen LogP) is 3.11. The van der Waals surface area contributed by atoms with E-state index in [0.717, 1.165) is 17.5 Å². The van der Waals surface area contributed by atoms with E-state index in [2.05, 4.69) is 5.32 Å². The largest absolute Gasteiger partial charge is 0.305 e. The fourth-order valence-corrected chi connectivity index (χ4v) is 2.92. The Morgan fingerprint density at radius 1 is 1.08 bits per heavy atom. The van der Waals surface area contributed by atoms with E-state index >= 15 is 0 Å². The average molecular weight is 343 g/mol. The maximum absolute atomic E-state index is 12.5. The summed E-state index contributed by atoms with van der Waals surface area (Å²) in [6.45, 7) is 2.60. The van der Waals surface area contributed by atoms with E-state index in [1.807, 2.05) is 43.3 Å². The lowest BCUT2D eigenvalue weighted by Gasteiger charge is -2.15. The highest BCUT2D eigenvalue weighted by atomic mass is 35.5. The number of nitrogens with zero attached hydrogens (tertiary/aromatic N) is 1. The summed E-state index contributed by atoms with van der Waals surface area (Å²) in [4.78, 5) is 26.0. The van der Waals surface area contributed by atoms with Crippen molar-refractivity contribution >= 4 is 29.1 Å². The van der Waals surface area contributed by atoms with Gasteiger partial charge in [-0.3, -0.25) is 9.59 Å². The third-order valence-corrected chi connectivity index (χ3v) is 4.41. The predicted molar refractivity (Wildman–Crippen MR) is 95.2 cm³/mol. The summed E-state index contributed by atoms with van der Waals surface area (Å²) in [5, 5.41) is 3.90. The number of amides is 2. The monoisotopic (exact) mass is 342 g/mol. The summed E-state index contributed by atoms with van der Waals surface area (Å²) >= 11 is 5.87. The molecule has 2 aromatic carbocycles. The molecule has 1 aliphatic rings. The highest BCUT2D eigenvalue weighted by Gasteiger charge is 2.38. The van der Waals surface area contributed by atoms with Gasteiger partial charge in [-0.1, -0.05) is 41.4 Å². The summed E-state index contributed by atoms with van der Waals surface area (Å²) in [5.74, 6) is -0.340. The normalized spacial score (nSPS) is 17.6. The molecule has 1 heterocycles. The van der Waals surface area contributed by atoms with Crippen LogP contribution in [0.2, 0.25) is 5.02 Å². The first kappa shape index (κ1) is 16.7. The van der Waals surface area contributed by atoms with Gasteiger partial charge in [0.1, 0.15) is 0 Å². The molecule has 1 aliphatic heterocycles. The maximum Gasteiger partial charge on any atom is 0.251 e. The van der Waals surface area contributed by atoms with Crippen LogP contribution < -0.4 is 10.2 Å². The number of imide groups is 1. The van der Waals surface area contributed by atoms with E-state index in [-0.39, 0.29) is 18.2 Å². The molecule has 1 atom stereocenters. The molecule has 0 aromatic heterocycles. The molecule has 1 N–H and O–H groups in total. The van der Waals surface area contributed by atoms with Crippen LogP contribution >= 0.6 is 11.6 Å². The van der Waals surface area contributed by atoms with Crippen LogP contribution in [0.4, 0.5) is 5.69 Å². The third kappa shape index (κ3) is 3.66. The molecule has 3 rings (SSSR count). The van der Waals surface area contributed by atoms with Crippen molar-refractivity contribution in [2.24, 2.45) is 0 Å². The van der Waals surface area contributed by atoms with Crippen LogP contribution in [-0.2, 0) is 16.0 Å². The van der Waals surface area contributed by atoms with Crippen molar-refractivity contribution in [3.05, 3.63) is 64.7 Å². The standard InChI is InChI=1S/C19H19ClN2O2/c1-13-2-8-16(9-3-13)22-18(23)12-17(19(22)24)21-11-10-14-4-6-15(20)7-5-14/h2-9,17,21H,10-12H2,1H3/t17-/m0/s1. The molecule has 4 nitrogen and oxygen atoms in total. The van der Waals surface area contributed by atoms with Crippen LogP contribution in [0, 0.1) is 6.92 Å². The Morgan fingerprint density at radius 3 is 2.42 bits per heavy atom. The first-order chi connectivity index (χ1) is 11.5. The zero-order valence-electron chi connectivity index (χ0n) is 13.5. The van der Waals surface area contributed by atoms with Crippen LogP contribution in [-0.4, -0.2) is 24.4 Å². The van der Waals surface area contributed by atoms with Crippen molar-refractivity contribution in [1.82, 2.24) is 5.32 Å². The number of anilines is 1. The Bertz CT molecular complexity index is 741. The van der Waals surface area contributed by atoms with Crippen molar-refractivity contribution in [1.29, 1.82) is 0 Å². The molecule has 2 aromatic rings. The second-order valence-electron chi connectivity index (χ2n) is 5.99. The smallest absolute Gasteiger partial charge is 0.251 e. The fraction of sp³-hybridized carbons (Fsp3) is 0.263. The molecule has 0 bridgehead atoms. The van der Waals surface area contributed by atoms with Crippen LogP contribution in [0.25, 0.3) is 0 Å². The fourth-order valence-electron chi connectivity index (χ4n) is 2.80. The molecule has 1 fully saturated rings. The first-order valence-corrected chi connectivity index (χ1v) is 8.34. The lowest BCUT2D eigenvalue weighted by molar-refractivity contribution is -0.121. The number of rotatable bonds is 5. The number of hydrogen-bond donors (Lipinski definition) is 1. The Balaban J connectivity index is 1.59. The molecule has 1 saturated heterocycles. The minimum absolute atomic E-state index is 0.159. The van der Waals surface area contributed by atoms with Crippen molar-refractivity contribution in [2.75, 3.05) is 11.4 Å². The molecular weight excluding hydrogens is 324 g/mol. The quantitative estimate of drug-likeness (QED) is 0.849. The lowest BCUT2D eigenvalue weighted by atomic mass is 10.1. The summed E-state index contributed by atoms with van der Waals surface area (Å²) in [5.41, 5.74) is 2.87. The summed E-state index contributed by atoms with van der Waals surface area (Å²) in [7, 11) is 0. The molecule has 0 radical (unpaired) electrons. The van der Waals surface area contributed by atoms with Gasteiger partial charge in [-0.05, 0) is 49.7 Å². The number of halogens is 1. The van der Waals surface area contributed by atoms with E-state index in [1.54, 1.807) is 12.1 Å². The number of carbonyl (C=O) groups is 2. The third-order valence-electron chi connectivity index (χ3n) is 4.16. The van der Waals surface area contributed by atoms with Crippen LogP contribution in [0.3, 0.4) is 0 Å². The van der Waals surface area contributed by atoms with Gasteiger partial charge in [0.2, 0.25) is 5.91 Å². The zero-order valence-corrected chi connectivity index (χ0v) is 14.2. The van der Waals surface area contributed by atoms with Gasteiger partial charge in [-0.25, -0.2) is 4.90 Å². The molecule has 5 heteroatoms. The van der Waals surface area contributed by atoms with E-state index in [1.165, 1.54) is 4.90 Å². The van der Waals surface area contributed by atoms with E-state index in [9.17, 15) is 9.59 Å². The summed E-state index contributed by atoms with van der Waals surface area (Å²) in [6.07, 6.45) is 0.979. The van der Waals surface area contributed by atoms with Crippen LogP contribution in [0.1, 0.15) is 17.5 Å². The number of hydrogen-bond acceptors (Lipinski definition) is 3. The van der Waals surface area contributed by atoms with Gasteiger partial charge in [0.05, 0.1) is 18.2 Å². The Kier molecular flexibility index (Phi) is 4.97. The van der Waals surface area contributed by atoms with Gasteiger partial charge in [-0.2, -0.15) is 0 Å². The maximum atomic E-state index is 12.5. The molecular formula is C19H19ClN2O2. The van der Waals surface area contributed by atoms with E-state index in [4.69, 9.17) is 11.6 Å². The number of carbonyl (C=O) groups excluding carboxylic acids is 2. The van der Waals surface area contributed by atoms with Crippen molar-refractivity contribution in [3.63, 3.8) is 0 Å². The molecule has 124 valence electrons. The van der Waals surface area contributed by atoms with Crippen LogP contribution in [0.15, 0.2) is 48.5 Å². The van der Waals surface area contributed by atoms with Gasteiger partial charge < -0.3 is 5.32 Å². The van der Waals surface area contributed by atoms with Crippen molar-refractivity contribution in [3.8, 4) is 0 Å². The molecule has 0 spiro atoms. The highest BCUT2D eigenvalue weighted by molar-refractivity contribution is 6.30. The number of aryl methyl sites for hydroxylation is 1. The Morgan fingerprint density at radius 2 is 1.75 bits per heavy atom. The number of benzene rings is 2. The lowest BCUT2D eigenvalue weighted by Crippen LogP contribution is -2.39. The highest BCUT2D eigenvalue weighted by Crippen LogP contribution is 2.23. The second kappa shape index (κ2) is 7.16. The molecule has 0 aliphatic carbocycles. The van der Waals surface area contributed by atoms with Crippen LogP contribution in [0.5, 0.6) is 0 Å². The second-order valence-corrected chi connectivity index (χ2v) is 6.43. The van der Waals surface area contributed by atoms with E-state index in [0.29, 0.717) is 17.3 Å². The van der Waals surface area contributed by atoms with Crippen molar-refractivity contribution in [2.45, 2.75) is 25.8 Å². The van der Waals surface area contributed by atoms with Gasteiger partial charge >= 0.3 is 0 Å². The molecule has 0 unspecified atom stereocenters. The Hall–Kier alpha value is -2.17. The zero-order chi connectivity index (χ0) is 17.1. The molecule has 24 heavy (non-hydrogen) atoms.